The van der Waals surface area contributed by atoms with E-state index in [1.807, 2.05) is 17.7 Å². The monoisotopic (exact) mass is 262 g/mol. The molecule has 3 aromatic heterocycles. The Morgan fingerprint density at radius 1 is 1.41 bits per heavy atom. The molecule has 0 aliphatic heterocycles. The third-order valence-electron chi connectivity index (χ3n) is 2.63. The molecule has 86 valence electrons. The van der Waals surface area contributed by atoms with Crippen LogP contribution in [-0.2, 0) is 6.42 Å². The van der Waals surface area contributed by atoms with Gasteiger partial charge < -0.3 is 4.98 Å². The molecule has 0 atom stereocenters. The Kier molecular flexibility index (Phi) is 2.57. The van der Waals surface area contributed by atoms with E-state index in [2.05, 4.69) is 21.4 Å². The largest absolute Gasteiger partial charge is 0.310 e. The first-order chi connectivity index (χ1) is 8.24. The van der Waals surface area contributed by atoms with Crippen molar-refractivity contribution in [2.24, 2.45) is 0 Å². The predicted octanol–water partition coefficient (Wildman–Crippen LogP) is 2.95. The summed E-state index contributed by atoms with van der Waals surface area (Å²) in [4.78, 5) is 20.1. The molecule has 0 radical (unpaired) electrons. The summed E-state index contributed by atoms with van der Waals surface area (Å²) >= 11 is 3.18. The molecule has 0 aromatic carbocycles. The Morgan fingerprint density at radius 3 is 3.06 bits per heavy atom. The number of thiophene rings is 2. The summed E-state index contributed by atoms with van der Waals surface area (Å²) in [5.41, 5.74) is 2.16. The van der Waals surface area contributed by atoms with Crippen molar-refractivity contribution in [3.05, 3.63) is 49.5 Å². The van der Waals surface area contributed by atoms with Gasteiger partial charge in [-0.05, 0) is 40.3 Å². The van der Waals surface area contributed by atoms with Crippen LogP contribution >= 0.6 is 22.7 Å². The van der Waals surface area contributed by atoms with Gasteiger partial charge in [0.25, 0.3) is 5.56 Å². The maximum absolute atomic E-state index is 11.9. The van der Waals surface area contributed by atoms with Gasteiger partial charge in [-0.3, -0.25) is 4.79 Å². The SMILES string of the molecule is Cc1csc2nc(Cc3ccsc3)[nH]c(=O)c12. The zero-order valence-electron chi connectivity index (χ0n) is 9.19. The lowest BCUT2D eigenvalue weighted by Gasteiger charge is -1.99. The van der Waals surface area contributed by atoms with Gasteiger partial charge in [0.2, 0.25) is 0 Å². The van der Waals surface area contributed by atoms with E-state index in [9.17, 15) is 4.79 Å². The molecule has 3 heterocycles. The summed E-state index contributed by atoms with van der Waals surface area (Å²) < 4.78 is 0. The van der Waals surface area contributed by atoms with Gasteiger partial charge >= 0.3 is 0 Å². The lowest BCUT2D eigenvalue weighted by Crippen LogP contribution is -2.11. The predicted molar refractivity (Wildman–Crippen MR) is 72.1 cm³/mol. The zero-order valence-corrected chi connectivity index (χ0v) is 10.8. The average molecular weight is 262 g/mol. The van der Waals surface area contributed by atoms with E-state index < -0.39 is 0 Å². The summed E-state index contributed by atoms with van der Waals surface area (Å²) in [6.45, 7) is 1.94. The van der Waals surface area contributed by atoms with Crippen LogP contribution in [0, 0.1) is 6.92 Å². The van der Waals surface area contributed by atoms with Crippen molar-refractivity contribution in [1.29, 1.82) is 0 Å². The second-order valence-electron chi connectivity index (χ2n) is 3.92. The number of aromatic amines is 1. The molecule has 3 nitrogen and oxygen atoms in total. The number of aryl methyl sites for hydroxylation is 1. The summed E-state index contributed by atoms with van der Waals surface area (Å²) in [5.74, 6) is 0.739. The highest BCUT2D eigenvalue weighted by atomic mass is 32.1. The van der Waals surface area contributed by atoms with Crippen LogP contribution in [0.4, 0.5) is 0 Å². The summed E-state index contributed by atoms with van der Waals surface area (Å²) in [5, 5.41) is 6.80. The Bertz CT molecular complexity index is 710. The third kappa shape index (κ3) is 1.92. The molecule has 0 aliphatic carbocycles. The van der Waals surface area contributed by atoms with Gasteiger partial charge in [0.1, 0.15) is 10.7 Å². The van der Waals surface area contributed by atoms with E-state index in [1.165, 1.54) is 16.9 Å². The number of nitrogens with one attached hydrogen (secondary N) is 1. The smallest absolute Gasteiger partial charge is 0.259 e. The number of nitrogens with zero attached hydrogens (tertiary/aromatic N) is 1. The van der Waals surface area contributed by atoms with E-state index in [0.717, 1.165) is 21.6 Å². The highest BCUT2D eigenvalue weighted by molar-refractivity contribution is 7.16. The minimum Gasteiger partial charge on any atom is -0.310 e. The van der Waals surface area contributed by atoms with Crippen LogP contribution in [0.2, 0.25) is 0 Å². The number of H-pyrrole nitrogens is 1. The topological polar surface area (TPSA) is 45.8 Å². The first-order valence-corrected chi connectivity index (χ1v) is 7.04. The van der Waals surface area contributed by atoms with E-state index in [1.54, 1.807) is 11.3 Å². The zero-order chi connectivity index (χ0) is 11.8. The Labute approximate surface area is 106 Å². The maximum Gasteiger partial charge on any atom is 0.259 e. The summed E-state index contributed by atoms with van der Waals surface area (Å²) in [7, 11) is 0. The van der Waals surface area contributed by atoms with Crippen molar-refractivity contribution in [2.75, 3.05) is 0 Å². The van der Waals surface area contributed by atoms with Crippen LogP contribution in [0.5, 0.6) is 0 Å². The van der Waals surface area contributed by atoms with Crippen molar-refractivity contribution in [3.63, 3.8) is 0 Å². The molecule has 0 spiro atoms. The molecule has 0 amide bonds. The van der Waals surface area contributed by atoms with Crippen molar-refractivity contribution in [1.82, 2.24) is 9.97 Å². The van der Waals surface area contributed by atoms with Crippen molar-refractivity contribution < 1.29 is 0 Å². The molecular weight excluding hydrogens is 252 g/mol. The number of fused-ring (bicyclic) bond motifs is 1. The molecule has 3 aromatic rings. The first kappa shape index (κ1) is 10.7. The van der Waals surface area contributed by atoms with Crippen molar-refractivity contribution in [3.8, 4) is 0 Å². The minimum absolute atomic E-state index is 0.0287. The van der Waals surface area contributed by atoms with Gasteiger partial charge in [-0.2, -0.15) is 11.3 Å². The normalized spacial score (nSPS) is 11.1. The molecule has 0 saturated heterocycles. The molecule has 0 unspecified atom stereocenters. The van der Waals surface area contributed by atoms with Crippen LogP contribution in [0.3, 0.4) is 0 Å². The van der Waals surface area contributed by atoms with E-state index in [-0.39, 0.29) is 5.56 Å². The number of aromatic nitrogens is 2. The van der Waals surface area contributed by atoms with Gasteiger partial charge in [-0.15, -0.1) is 11.3 Å². The maximum atomic E-state index is 11.9. The van der Waals surface area contributed by atoms with Gasteiger partial charge in [0.05, 0.1) is 5.39 Å². The van der Waals surface area contributed by atoms with Crippen LogP contribution in [0.1, 0.15) is 17.0 Å². The fourth-order valence-corrected chi connectivity index (χ4v) is 3.41. The second-order valence-corrected chi connectivity index (χ2v) is 5.56. The molecule has 0 fully saturated rings. The Hall–Kier alpha value is -1.46. The quantitative estimate of drug-likeness (QED) is 0.771. The van der Waals surface area contributed by atoms with E-state index in [0.29, 0.717) is 6.42 Å². The van der Waals surface area contributed by atoms with Crippen LogP contribution in [0.15, 0.2) is 27.0 Å². The van der Waals surface area contributed by atoms with Crippen molar-refractivity contribution >= 4 is 32.9 Å². The fourth-order valence-electron chi connectivity index (χ4n) is 1.80. The molecule has 17 heavy (non-hydrogen) atoms. The molecule has 0 bridgehead atoms. The lowest BCUT2D eigenvalue weighted by atomic mass is 10.2. The molecule has 3 rings (SSSR count). The highest BCUT2D eigenvalue weighted by Crippen LogP contribution is 2.20. The second kappa shape index (κ2) is 4.09. The van der Waals surface area contributed by atoms with E-state index >= 15 is 0 Å². The van der Waals surface area contributed by atoms with Crippen LogP contribution in [0.25, 0.3) is 10.2 Å². The summed E-state index contributed by atoms with van der Waals surface area (Å²) in [6.07, 6.45) is 0.686. The molecule has 5 heteroatoms. The lowest BCUT2D eigenvalue weighted by molar-refractivity contribution is 0.980. The van der Waals surface area contributed by atoms with Crippen LogP contribution in [-0.4, -0.2) is 9.97 Å². The van der Waals surface area contributed by atoms with Gasteiger partial charge in [-0.25, -0.2) is 4.98 Å². The third-order valence-corrected chi connectivity index (χ3v) is 4.35. The number of rotatable bonds is 2. The van der Waals surface area contributed by atoms with Crippen molar-refractivity contribution in [2.45, 2.75) is 13.3 Å². The van der Waals surface area contributed by atoms with Gasteiger partial charge in [-0.1, -0.05) is 0 Å². The standard InChI is InChI=1S/C12H10N2OS2/c1-7-5-17-12-10(7)11(15)13-9(14-12)4-8-2-3-16-6-8/h2-3,5-6H,4H2,1H3,(H,13,14,15). The number of hydrogen-bond acceptors (Lipinski definition) is 4. The fraction of sp³-hybridized carbons (Fsp3) is 0.167. The molecular formula is C12H10N2OS2. The molecule has 0 saturated carbocycles. The average Bonchev–Trinajstić information content (AvgIpc) is 2.89. The number of hydrogen-bond donors (Lipinski definition) is 1. The molecule has 1 N–H and O–H groups in total. The Morgan fingerprint density at radius 2 is 2.29 bits per heavy atom. The molecule has 0 aliphatic rings. The highest BCUT2D eigenvalue weighted by Gasteiger charge is 2.08. The Balaban J connectivity index is 2.10. The summed E-state index contributed by atoms with van der Waals surface area (Å²) in [6, 6.07) is 2.05. The van der Waals surface area contributed by atoms with Gasteiger partial charge in [0, 0.05) is 6.42 Å². The minimum atomic E-state index is -0.0287. The van der Waals surface area contributed by atoms with Crippen LogP contribution < -0.4 is 5.56 Å². The first-order valence-electron chi connectivity index (χ1n) is 5.22. The van der Waals surface area contributed by atoms with Gasteiger partial charge in [0.15, 0.2) is 0 Å². The van der Waals surface area contributed by atoms with E-state index in [4.69, 9.17) is 0 Å².